The van der Waals surface area contributed by atoms with E-state index in [1.165, 1.54) is 33.4 Å². The molecule has 0 aliphatic heterocycles. The fourth-order valence-corrected chi connectivity index (χ4v) is 3.42. The van der Waals surface area contributed by atoms with Crippen LogP contribution >= 0.6 is 0 Å². The summed E-state index contributed by atoms with van der Waals surface area (Å²) >= 11 is 0. The Balaban J connectivity index is 0.000000167. The van der Waals surface area contributed by atoms with Gasteiger partial charge < -0.3 is 0 Å². The number of rotatable bonds is 2. The highest BCUT2D eigenvalue weighted by Crippen LogP contribution is 2.31. The predicted octanol–water partition coefficient (Wildman–Crippen LogP) is 7.28. The Morgan fingerprint density at radius 1 is 0.444 bits per heavy atom. The van der Waals surface area contributed by atoms with E-state index in [0.29, 0.717) is 0 Å². The highest BCUT2D eigenvalue weighted by atomic mass is 14.1. The van der Waals surface area contributed by atoms with Crippen molar-refractivity contribution >= 4 is 6.08 Å². The van der Waals surface area contributed by atoms with Crippen molar-refractivity contribution < 1.29 is 0 Å². The van der Waals surface area contributed by atoms with E-state index >= 15 is 0 Å². The Hall–Kier alpha value is -3.38. The number of benzene rings is 4. The van der Waals surface area contributed by atoms with E-state index in [9.17, 15) is 0 Å². The molecule has 0 spiro atoms. The van der Waals surface area contributed by atoms with Crippen LogP contribution in [0, 0.1) is 0 Å². The molecule has 1 aliphatic rings. The molecule has 0 heteroatoms. The molecule has 130 valence electrons. The summed E-state index contributed by atoms with van der Waals surface area (Å²) < 4.78 is 0. The summed E-state index contributed by atoms with van der Waals surface area (Å²) in [6, 6.07) is 38.1. The molecule has 1 aliphatic carbocycles. The van der Waals surface area contributed by atoms with Gasteiger partial charge in [0.2, 0.25) is 0 Å². The Kier molecular flexibility index (Phi) is 5.26. The van der Waals surface area contributed by atoms with E-state index in [1.54, 1.807) is 0 Å². The molecular formula is C27H22. The second-order valence-electron chi connectivity index (χ2n) is 6.58. The molecule has 0 aromatic heterocycles. The summed E-state index contributed by atoms with van der Waals surface area (Å²) in [5.74, 6) is 0. The number of hydrogen-bond acceptors (Lipinski definition) is 0. The molecule has 0 N–H and O–H groups in total. The maximum Gasteiger partial charge on any atom is -0.00882 e. The standard InChI is InChI=1S/C18H14.C9H8/c1-3-9-15(10-4-1)17-13-7-8-14-18(17)16-11-5-2-6-12-16;1-2-5-9-7-3-6-8(9)4-1/h1-14H;1-6H,7H2. The minimum Gasteiger partial charge on any atom is -0.0795 e. The van der Waals surface area contributed by atoms with Gasteiger partial charge in [-0.05, 0) is 39.8 Å². The first-order valence-electron chi connectivity index (χ1n) is 9.36. The quantitative estimate of drug-likeness (QED) is 0.358. The van der Waals surface area contributed by atoms with E-state index in [2.05, 4.69) is 121 Å². The van der Waals surface area contributed by atoms with Crippen LogP contribution in [0.25, 0.3) is 28.3 Å². The van der Waals surface area contributed by atoms with E-state index in [1.807, 2.05) is 0 Å². The average Bonchev–Trinajstić information content (AvgIpc) is 3.24. The van der Waals surface area contributed by atoms with Gasteiger partial charge in [0.05, 0.1) is 0 Å². The van der Waals surface area contributed by atoms with Crippen molar-refractivity contribution in [3.8, 4) is 22.3 Å². The lowest BCUT2D eigenvalue weighted by molar-refractivity contribution is 1.31. The van der Waals surface area contributed by atoms with Gasteiger partial charge in [-0.1, -0.05) is 121 Å². The average molecular weight is 346 g/mol. The maximum absolute atomic E-state index is 2.20. The second-order valence-corrected chi connectivity index (χ2v) is 6.58. The topological polar surface area (TPSA) is 0 Å². The molecule has 5 rings (SSSR count). The number of hydrogen-bond donors (Lipinski definition) is 0. The fraction of sp³-hybridized carbons (Fsp3) is 0.0370. The molecule has 4 aromatic rings. The van der Waals surface area contributed by atoms with Gasteiger partial charge in [-0.25, -0.2) is 0 Å². The van der Waals surface area contributed by atoms with Crippen molar-refractivity contribution in [2.24, 2.45) is 0 Å². The van der Waals surface area contributed by atoms with E-state index in [4.69, 9.17) is 0 Å². The van der Waals surface area contributed by atoms with Crippen molar-refractivity contribution in [3.63, 3.8) is 0 Å². The highest BCUT2D eigenvalue weighted by molar-refractivity contribution is 5.83. The minimum absolute atomic E-state index is 1.12. The van der Waals surface area contributed by atoms with Crippen molar-refractivity contribution in [1.29, 1.82) is 0 Å². The van der Waals surface area contributed by atoms with Crippen molar-refractivity contribution in [3.05, 3.63) is 126 Å². The summed E-state index contributed by atoms with van der Waals surface area (Å²) in [6.45, 7) is 0. The SMILES string of the molecule is C1=Cc2ccccc2C1.c1ccc(-c2ccccc2-c2ccccc2)cc1. The van der Waals surface area contributed by atoms with E-state index < -0.39 is 0 Å². The monoisotopic (exact) mass is 346 g/mol. The van der Waals surface area contributed by atoms with Gasteiger partial charge in [-0.3, -0.25) is 0 Å². The molecule has 0 unspecified atom stereocenters. The summed E-state index contributed by atoms with van der Waals surface area (Å²) in [6.07, 6.45) is 5.50. The molecule has 27 heavy (non-hydrogen) atoms. The number of fused-ring (bicyclic) bond motifs is 1. The van der Waals surface area contributed by atoms with Crippen LogP contribution in [-0.2, 0) is 6.42 Å². The van der Waals surface area contributed by atoms with Crippen molar-refractivity contribution in [1.82, 2.24) is 0 Å². The zero-order valence-electron chi connectivity index (χ0n) is 15.3. The summed E-state index contributed by atoms with van der Waals surface area (Å²) in [4.78, 5) is 0. The van der Waals surface area contributed by atoms with Crippen LogP contribution < -0.4 is 0 Å². The third kappa shape index (κ3) is 4.07. The Bertz CT molecular complexity index is 969. The molecule has 0 radical (unpaired) electrons. The maximum atomic E-state index is 2.20. The largest absolute Gasteiger partial charge is 0.0795 e. The summed E-state index contributed by atoms with van der Waals surface area (Å²) in [5, 5.41) is 0. The van der Waals surface area contributed by atoms with Gasteiger partial charge in [0.25, 0.3) is 0 Å². The summed E-state index contributed by atoms with van der Waals surface area (Å²) in [7, 11) is 0. The zero-order valence-corrected chi connectivity index (χ0v) is 15.3. The van der Waals surface area contributed by atoms with E-state index in [0.717, 1.165) is 6.42 Å². The van der Waals surface area contributed by atoms with Crippen LogP contribution in [0.2, 0.25) is 0 Å². The van der Waals surface area contributed by atoms with Gasteiger partial charge in [0, 0.05) is 0 Å². The lowest BCUT2D eigenvalue weighted by atomic mass is 9.95. The first-order chi connectivity index (χ1) is 13.4. The Labute approximate surface area is 161 Å². The first-order valence-corrected chi connectivity index (χ1v) is 9.36. The fourth-order valence-electron chi connectivity index (χ4n) is 3.42. The van der Waals surface area contributed by atoms with Gasteiger partial charge in [-0.2, -0.15) is 0 Å². The second kappa shape index (κ2) is 8.33. The molecule has 0 fully saturated rings. The normalized spacial score (nSPS) is 11.4. The zero-order chi connectivity index (χ0) is 18.3. The van der Waals surface area contributed by atoms with Crippen LogP contribution in [0.1, 0.15) is 11.1 Å². The van der Waals surface area contributed by atoms with Crippen molar-refractivity contribution in [2.75, 3.05) is 0 Å². The van der Waals surface area contributed by atoms with Gasteiger partial charge >= 0.3 is 0 Å². The van der Waals surface area contributed by atoms with Crippen LogP contribution in [0.5, 0.6) is 0 Å². The highest BCUT2D eigenvalue weighted by Gasteiger charge is 2.05. The third-order valence-corrected chi connectivity index (χ3v) is 4.79. The Morgan fingerprint density at radius 3 is 1.48 bits per heavy atom. The molecule has 4 aromatic carbocycles. The molecule has 0 bridgehead atoms. The predicted molar refractivity (Wildman–Crippen MR) is 116 cm³/mol. The molecule has 0 saturated heterocycles. The van der Waals surface area contributed by atoms with E-state index in [-0.39, 0.29) is 0 Å². The van der Waals surface area contributed by atoms with Crippen LogP contribution in [0.4, 0.5) is 0 Å². The van der Waals surface area contributed by atoms with Crippen LogP contribution in [-0.4, -0.2) is 0 Å². The summed E-state index contributed by atoms with van der Waals surface area (Å²) in [5.41, 5.74) is 7.93. The van der Waals surface area contributed by atoms with Gasteiger partial charge in [0.1, 0.15) is 0 Å². The lowest BCUT2D eigenvalue weighted by Crippen LogP contribution is -1.83. The van der Waals surface area contributed by atoms with Crippen LogP contribution in [0.15, 0.2) is 115 Å². The third-order valence-electron chi connectivity index (χ3n) is 4.79. The van der Waals surface area contributed by atoms with Crippen LogP contribution in [0.3, 0.4) is 0 Å². The molecule has 0 nitrogen and oxygen atoms in total. The minimum atomic E-state index is 1.12. The smallest absolute Gasteiger partial charge is 0.00882 e. The first kappa shape index (κ1) is 17.1. The molecular weight excluding hydrogens is 324 g/mol. The number of allylic oxidation sites excluding steroid dienone is 1. The molecule has 0 atom stereocenters. The Morgan fingerprint density at radius 2 is 0.926 bits per heavy atom. The van der Waals surface area contributed by atoms with Crippen molar-refractivity contribution in [2.45, 2.75) is 6.42 Å². The molecule has 0 amide bonds. The lowest BCUT2D eigenvalue weighted by Gasteiger charge is -2.09. The molecule has 0 saturated carbocycles. The van der Waals surface area contributed by atoms with Gasteiger partial charge in [0.15, 0.2) is 0 Å². The molecule has 0 heterocycles. The van der Waals surface area contributed by atoms with Gasteiger partial charge in [-0.15, -0.1) is 0 Å².